The number of rotatable bonds is 9. The summed E-state index contributed by atoms with van der Waals surface area (Å²) in [6.07, 6.45) is -5.64. The SMILES string of the molecule is N#CC1(C(=O)Cc2c(F)ccc(CC(=O)c3cc(NC(=O)[C@H]4[C@H](c5ccc(F)c(C(F)(F)F)c5)C4(Cl)Cl)ccc3Cl)c2F)CC1. The summed E-state index contributed by atoms with van der Waals surface area (Å²) in [5, 5.41) is 11.6. The molecule has 14 heteroatoms. The van der Waals surface area contributed by atoms with Crippen molar-refractivity contribution in [2.45, 2.75) is 42.1 Å². The molecule has 0 saturated heterocycles. The maximum Gasteiger partial charge on any atom is 0.419 e. The fraction of sp³-hybridized carbons (Fsp3) is 0.290. The predicted octanol–water partition coefficient (Wildman–Crippen LogP) is 8.14. The number of Topliss-reactive ketones (excluding diaryl/α,β-unsaturated/α-hetero) is 2. The van der Waals surface area contributed by atoms with Gasteiger partial charge in [0.2, 0.25) is 5.91 Å². The first kappa shape index (κ1) is 32.8. The summed E-state index contributed by atoms with van der Waals surface area (Å²) in [4.78, 5) is 38.7. The molecule has 45 heavy (non-hydrogen) atoms. The summed E-state index contributed by atoms with van der Waals surface area (Å²) in [6.45, 7) is 0. The van der Waals surface area contributed by atoms with E-state index in [9.17, 15) is 41.6 Å². The lowest BCUT2D eigenvalue weighted by molar-refractivity contribution is -0.140. The van der Waals surface area contributed by atoms with Crippen molar-refractivity contribution in [1.82, 2.24) is 0 Å². The van der Waals surface area contributed by atoms with Crippen molar-refractivity contribution in [2.24, 2.45) is 11.3 Å². The minimum atomic E-state index is -4.99. The molecule has 0 bridgehead atoms. The van der Waals surface area contributed by atoms with Crippen molar-refractivity contribution in [3.05, 3.63) is 98.8 Å². The van der Waals surface area contributed by atoms with Gasteiger partial charge in [0.25, 0.3) is 0 Å². The molecule has 1 amide bonds. The van der Waals surface area contributed by atoms with E-state index in [0.29, 0.717) is 25.0 Å². The summed E-state index contributed by atoms with van der Waals surface area (Å²) in [6, 6.07) is 9.79. The number of hydrogen-bond donors (Lipinski definition) is 1. The van der Waals surface area contributed by atoms with Crippen LogP contribution in [0.1, 0.15) is 51.4 Å². The Kier molecular flexibility index (Phi) is 8.49. The molecular weight excluding hydrogens is 669 g/mol. The monoisotopic (exact) mass is 686 g/mol. The van der Waals surface area contributed by atoms with Crippen LogP contribution in [0.2, 0.25) is 5.02 Å². The lowest BCUT2D eigenvalue weighted by Crippen LogP contribution is -2.19. The molecule has 0 aliphatic heterocycles. The molecule has 5 rings (SSSR count). The molecule has 0 heterocycles. The molecule has 0 radical (unpaired) electrons. The quantitative estimate of drug-likeness (QED) is 0.140. The van der Waals surface area contributed by atoms with E-state index >= 15 is 4.39 Å². The average molecular weight is 688 g/mol. The Morgan fingerprint density at radius 3 is 2.24 bits per heavy atom. The third-order valence-corrected chi connectivity index (χ3v) is 9.25. The molecule has 0 unspecified atom stereocenters. The lowest BCUT2D eigenvalue weighted by Gasteiger charge is -2.12. The first-order valence-electron chi connectivity index (χ1n) is 13.3. The van der Waals surface area contributed by atoms with E-state index in [1.165, 1.54) is 18.2 Å². The van der Waals surface area contributed by atoms with Crippen molar-refractivity contribution >= 4 is 58.0 Å². The average Bonchev–Trinajstić information content (AvgIpc) is 3.87. The molecule has 3 aromatic rings. The van der Waals surface area contributed by atoms with E-state index < -0.39 is 86.7 Å². The molecule has 0 spiro atoms. The van der Waals surface area contributed by atoms with E-state index in [2.05, 4.69) is 5.32 Å². The van der Waals surface area contributed by atoms with Crippen molar-refractivity contribution in [2.75, 3.05) is 5.32 Å². The molecular formula is C31H19Cl3F6N2O3. The van der Waals surface area contributed by atoms with E-state index in [1.54, 1.807) is 0 Å². The molecule has 2 fully saturated rings. The van der Waals surface area contributed by atoms with Crippen molar-refractivity contribution in [3.63, 3.8) is 0 Å². The number of ketones is 2. The van der Waals surface area contributed by atoms with Gasteiger partial charge in [-0.1, -0.05) is 23.7 Å². The highest BCUT2D eigenvalue weighted by atomic mass is 35.5. The van der Waals surface area contributed by atoms with Crippen LogP contribution in [-0.4, -0.2) is 21.8 Å². The highest BCUT2D eigenvalue weighted by Crippen LogP contribution is 2.65. The Balaban J connectivity index is 1.32. The van der Waals surface area contributed by atoms with Crippen LogP contribution in [0.4, 0.5) is 32.0 Å². The zero-order valence-corrected chi connectivity index (χ0v) is 24.9. The molecule has 1 N–H and O–H groups in total. The summed E-state index contributed by atoms with van der Waals surface area (Å²) in [7, 11) is 0. The third kappa shape index (κ3) is 6.28. The standard InChI is InChI=1S/C31H19Cl3F6N2O3/c32-20-4-3-16(42-28(45)26-25(30(26,33)34)14-1-6-22(36)19(9-14)31(38,39)40)11-17(20)23(43)10-15-2-5-21(35)18(27(15)37)12-24(44)29(13-41)7-8-29/h1-6,9,11,25-26H,7-8,10,12H2,(H,42,45)/t25-,26+/m0/s1. The van der Waals surface area contributed by atoms with E-state index in [0.717, 1.165) is 18.2 Å². The van der Waals surface area contributed by atoms with Crippen LogP contribution < -0.4 is 5.32 Å². The minimum Gasteiger partial charge on any atom is -0.326 e. The smallest absolute Gasteiger partial charge is 0.326 e. The molecule has 5 nitrogen and oxygen atoms in total. The first-order valence-corrected chi connectivity index (χ1v) is 14.4. The highest BCUT2D eigenvalue weighted by Gasteiger charge is 2.67. The number of alkyl halides is 5. The highest BCUT2D eigenvalue weighted by molar-refractivity contribution is 6.53. The molecule has 3 aromatic carbocycles. The number of amides is 1. The molecule has 2 aliphatic rings. The van der Waals surface area contributed by atoms with Gasteiger partial charge in [0.1, 0.15) is 27.2 Å². The molecule has 2 aliphatic carbocycles. The van der Waals surface area contributed by atoms with Crippen LogP contribution in [-0.2, 0) is 28.6 Å². The van der Waals surface area contributed by atoms with Gasteiger partial charge in [-0.05, 0) is 60.4 Å². The maximum absolute atomic E-state index is 15.3. The fourth-order valence-corrected chi connectivity index (χ4v) is 6.23. The summed E-state index contributed by atoms with van der Waals surface area (Å²) >= 11 is 18.7. The summed E-state index contributed by atoms with van der Waals surface area (Å²) in [5.41, 5.74) is -3.82. The van der Waals surface area contributed by atoms with Gasteiger partial charge >= 0.3 is 6.18 Å². The Bertz CT molecular complexity index is 1800. The molecule has 2 saturated carbocycles. The zero-order chi connectivity index (χ0) is 33.1. The normalized spacial score (nSPS) is 19.4. The summed E-state index contributed by atoms with van der Waals surface area (Å²) in [5.74, 6) is -8.13. The first-order chi connectivity index (χ1) is 21.0. The van der Waals surface area contributed by atoms with Crippen molar-refractivity contribution < 1.29 is 40.7 Å². The molecule has 2 atom stereocenters. The topological polar surface area (TPSA) is 87.0 Å². The lowest BCUT2D eigenvalue weighted by atomic mass is 9.93. The van der Waals surface area contributed by atoms with Gasteiger partial charge in [0.05, 0.1) is 22.6 Å². The minimum absolute atomic E-state index is 0.0229. The number of nitriles is 1. The summed E-state index contributed by atoms with van der Waals surface area (Å²) < 4.78 is 81.3. The van der Waals surface area contributed by atoms with Crippen LogP contribution in [0.5, 0.6) is 0 Å². The Morgan fingerprint density at radius 2 is 1.62 bits per heavy atom. The van der Waals surface area contributed by atoms with Gasteiger partial charge in [0, 0.05) is 35.6 Å². The van der Waals surface area contributed by atoms with Gasteiger partial charge in [-0.3, -0.25) is 14.4 Å². The molecule has 0 aromatic heterocycles. The van der Waals surface area contributed by atoms with E-state index in [1.807, 2.05) is 6.07 Å². The van der Waals surface area contributed by atoms with Gasteiger partial charge in [-0.2, -0.15) is 18.4 Å². The van der Waals surface area contributed by atoms with Gasteiger partial charge in [-0.15, -0.1) is 23.2 Å². The second-order valence-electron chi connectivity index (χ2n) is 10.9. The molecule has 234 valence electrons. The van der Waals surface area contributed by atoms with Crippen LogP contribution in [0.3, 0.4) is 0 Å². The Labute approximate surface area is 267 Å². The number of carbonyl (C=O) groups excluding carboxylic acids is 3. The second kappa shape index (κ2) is 11.6. The van der Waals surface area contributed by atoms with Crippen LogP contribution >= 0.6 is 34.8 Å². The van der Waals surface area contributed by atoms with E-state index in [4.69, 9.17) is 34.8 Å². The number of nitrogens with zero attached hydrogens (tertiary/aromatic N) is 1. The zero-order valence-electron chi connectivity index (χ0n) is 22.7. The largest absolute Gasteiger partial charge is 0.419 e. The maximum atomic E-state index is 15.3. The fourth-order valence-electron chi connectivity index (χ4n) is 5.18. The second-order valence-corrected chi connectivity index (χ2v) is 12.8. The predicted molar refractivity (Wildman–Crippen MR) is 153 cm³/mol. The van der Waals surface area contributed by atoms with Crippen molar-refractivity contribution in [1.29, 1.82) is 5.26 Å². The number of anilines is 1. The van der Waals surface area contributed by atoms with E-state index in [-0.39, 0.29) is 27.4 Å². The number of halogens is 9. The van der Waals surface area contributed by atoms with Gasteiger partial charge in [-0.25, -0.2) is 13.2 Å². The number of carbonyl (C=O) groups is 3. The van der Waals surface area contributed by atoms with Gasteiger partial charge in [0.15, 0.2) is 11.6 Å². The Hall–Kier alpha value is -3.59. The van der Waals surface area contributed by atoms with Crippen LogP contribution in [0.25, 0.3) is 0 Å². The van der Waals surface area contributed by atoms with Crippen molar-refractivity contribution in [3.8, 4) is 6.07 Å². The number of hydrogen-bond acceptors (Lipinski definition) is 4. The van der Waals surface area contributed by atoms with Crippen LogP contribution in [0.15, 0.2) is 48.5 Å². The number of benzene rings is 3. The van der Waals surface area contributed by atoms with Gasteiger partial charge < -0.3 is 5.32 Å². The third-order valence-electron chi connectivity index (χ3n) is 7.98. The number of nitrogens with one attached hydrogen (secondary N) is 1. The van der Waals surface area contributed by atoms with Crippen LogP contribution in [0, 0.1) is 40.1 Å². The Morgan fingerprint density at radius 1 is 0.956 bits per heavy atom.